The number of halogens is 1. The summed E-state index contributed by atoms with van der Waals surface area (Å²) < 4.78 is 15.2. The van der Waals surface area contributed by atoms with Gasteiger partial charge in [0.25, 0.3) is 0 Å². The van der Waals surface area contributed by atoms with Crippen molar-refractivity contribution in [1.82, 2.24) is 9.78 Å². The van der Waals surface area contributed by atoms with Gasteiger partial charge in [0.15, 0.2) is 0 Å². The maximum Gasteiger partial charge on any atom is 0.123 e. The molecule has 0 bridgehead atoms. The average Bonchev–Trinajstić information content (AvgIpc) is 2.56. The Balaban J connectivity index is 2.21. The lowest BCUT2D eigenvalue weighted by molar-refractivity contribution is 0.609. The molecule has 0 spiro atoms. The van der Waals surface area contributed by atoms with Crippen LogP contribution in [-0.2, 0) is 13.5 Å². The van der Waals surface area contributed by atoms with Gasteiger partial charge in [-0.25, -0.2) is 4.39 Å². The van der Waals surface area contributed by atoms with Crippen molar-refractivity contribution in [2.75, 3.05) is 0 Å². The van der Waals surface area contributed by atoms with Crippen molar-refractivity contribution < 1.29 is 4.39 Å². The Morgan fingerprint density at radius 2 is 2.00 bits per heavy atom. The summed E-state index contributed by atoms with van der Waals surface area (Å²) in [7, 11) is 1.89. The van der Waals surface area contributed by atoms with Gasteiger partial charge in [0, 0.05) is 25.2 Å². The van der Waals surface area contributed by atoms with Gasteiger partial charge >= 0.3 is 0 Å². The van der Waals surface area contributed by atoms with Gasteiger partial charge in [-0.1, -0.05) is 6.07 Å². The highest BCUT2D eigenvalue weighted by molar-refractivity contribution is 5.27. The number of rotatable bonds is 3. The van der Waals surface area contributed by atoms with Crippen LogP contribution in [0.15, 0.2) is 24.3 Å². The lowest BCUT2D eigenvalue weighted by Gasteiger charge is -2.13. The molecular weight excluding hydrogens is 229 g/mol. The summed E-state index contributed by atoms with van der Waals surface area (Å²) in [6, 6.07) is 6.73. The molecule has 0 saturated carbocycles. The third kappa shape index (κ3) is 2.76. The monoisotopic (exact) mass is 247 g/mol. The van der Waals surface area contributed by atoms with Crippen molar-refractivity contribution in [2.24, 2.45) is 12.8 Å². The molecule has 1 aromatic heterocycles. The maximum atomic E-state index is 13.3. The van der Waals surface area contributed by atoms with E-state index in [2.05, 4.69) is 5.10 Å². The zero-order valence-electron chi connectivity index (χ0n) is 10.9. The number of nitrogens with zero attached hydrogens (tertiary/aromatic N) is 2. The minimum absolute atomic E-state index is 0.214. The standard InChI is InChI=1S/C14H18FN3/c1-9-4-11(7-12(15)5-9)14(16)8-13-6-10(2)17-18(13)3/h4-7,14H,8,16H2,1-3H3. The van der Waals surface area contributed by atoms with E-state index >= 15 is 0 Å². The molecule has 2 rings (SSSR count). The summed E-state index contributed by atoms with van der Waals surface area (Å²) in [5, 5.41) is 4.28. The smallest absolute Gasteiger partial charge is 0.123 e. The van der Waals surface area contributed by atoms with E-state index in [1.807, 2.05) is 37.7 Å². The molecular formula is C14H18FN3. The summed E-state index contributed by atoms with van der Waals surface area (Å²) in [5.41, 5.74) is 9.88. The molecule has 18 heavy (non-hydrogen) atoms. The first-order valence-electron chi connectivity index (χ1n) is 5.98. The van der Waals surface area contributed by atoms with E-state index in [0.717, 1.165) is 22.5 Å². The number of benzene rings is 1. The summed E-state index contributed by atoms with van der Waals surface area (Å²) in [6.45, 7) is 3.81. The van der Waals surface area contributed by atoms with Crippen molar-refractivity contribution in [3.8, 4) is 0 Å². The average molecular weight is 247 g/mol. The Hall–Kier alpha value is -1.68. The molecule has 1 heterocycles. The highest BCUT2D eigenvalue weighted by atomic mass is 19.1. The van der Waals surface area contributed by atoms with E-state index in [-0.39, 0.29) is 11.9 Å². The van der Waals surface area contributed by atoms with Crippen LogP contribution in [0.4, 0.5) is 4.39 Å². The zero-order valence-corrected chi connectivity index (χ0v) is 10.9. The van der Waals surface area contributed by atoms with Gasteiger partial charge in [-0.15, -0.1) is 0 Å². The van der Waals surface area contributed by atoms with Crippen molar-refractivity contribution >= 4 is 0 Å². The van der Waals surface area contributed by atoms with Gasteiger partial charge in [0.2, 0.25) is 0 Å². The van der Waals surface area contributed by atoms with Gasteiger partial charge in [0.1, 0.15) is 5.82 Å². The summed E-state index contributed by atoms with van der Waals surface area (Å²) in [4.78, 5) is 0. The molecule has 3 nitrogen and oxygen atoms in total. The van der Waals surface area contributed by atoms with Gasteiger partial charge in [-0.3, -0.25) is 4.68 Å². The third-order valence-corrected chi connectivity index (χ3v) is 3.02. The maximum absolute atomic E-state index is 13.3. The first-order chi connectivity index (χ1) is 8.45. The van der Waals surface area contributed by atoms with Gasteiger partial charge in [0.05, 0.1) is 5.69 Å². The number of aryl methyl sites for hydroxylation is 3. The fraction of sp³-hybridized carbons (Fsp3) is 0.357. The van der Waals surface area contributed by atoms with Crippen LogP contribution in [0.1, 0.15) is 28.6 Å². The second kappa shape index (κ2) is 4.90. The van der Waals surface area contributed by atoms with E-state index in [1.165, 1.54) is 12.1 Å². The van der Waals surface area contributed by atoms with Gasteiger partial charge < -0.3 is 5.73 Å². The number of aromatic nitrogens is 2. The minimum atomic E-state index is -0.235. The second-order valence-electron chi connectivity index (χ2n) is 4.77. The Labute approximate surface area is 106 Å². The summed E-state index contributed by atoms with van der Waals surface area (Å²) in [5.74, 6) is -0.235. The normalized spacial score (nSPS) is 12.7. The molecule has 0 radical (unpaired) electrons. The van der Waals surface area contributed by atoms with Crippen LogP contribution in [0.5, 0.6) is 0 Å². The number of hydrogen-bond donors (Lipinski definition) is 1. The van der Waals surface area contributed by atoms with Crippen LogP contribution in [0, 0.1) is 19.7 Å². The lowest BCUT2D eigenvalue weighted by Crippen LogP contribution is -2.15. The molecule has 2 aromatic rings. The Morgan fingerprint density at radius 3 is 2.56 bits per heavy atom. The van der Waals surface area contributed by atoms with Crippen LogP contribution in [-0.4, -0.2) is 9.78 Å². The first-order valence-corrected chi connectivity index (χ1v) is 5.98. The Bertz CT molecular complexity index is 540. The summed E-state index contributed by atoms with van der Waals surface area (Å²) >= 11 is 0. The molecule has 4 heteroatoms. The molecule has 1 atom stereocenters. The van der Waals surface area contributed by atoms with Crippen molar-refractivity contribution in [3.63, 3.8) is 0 Å². The van der Waals surface area contributed by atoms with E-state index in [0.29, 0.717) is 6.42 Å². The van der Waals surface area contributed by atoms with Crippen LogP contribution in [0.3, 0.4) is 0 Å². The van der Waals surface area contributed by atoms with Crippen LogP contribution >= 0.6 is 0 Å². The second-order valence-corrected chi connectivity index (χ2v) is 4.77. The van der Waals surface area contributed by atoms with Gasteiger partial charge in [-0.05, 0) is 43.2 Å². The highest BCUT2D eigenvalue weighted by Gasteiger charge is 2.12. The lowest BCUT2D eigenvalue weighted by atomic mass is 10.0. The molecule has 0 amide bonds. The molecule has 2 N–H and O–H groups in total. The Kier molecular flexibility index (Phi) is 3.48. The number of nitrogens with two attached hydrogens (primary N) is 1. The van der Waals surface area contributed by atoms with Crippen LogP contribution < -0.4 is 5.73 Å². The zero-order chi connectivity index (χ0) is 13.3. The van der Waals surface area contributed by atoms with E-state index in [1.54, 1.807) is 0 Å². The molecule has 0 aliphatic rings. The minimum Gasteiger partial charge on any atom is -0.324 e. The van der Waals surface area contributed by atoms with Crippen molar-refractivity contribution in [3.05, 3.63) is 52.6 Å². The van der Waals surface area contributed by atoms with Crippen molar-refractivity contribution in [1.29, 1.82) is 0 Å². The molecule has 0 saturated heterocycles. The molecule has 0 fully saturated rings. The molecule has 0 aliphatic heterocycles. The SMILES string of the molecule is Cc1cc(F)cc(C(N)Cc2cc(C)nn2C)c1. The molecule has 1 aromatic carbocycles. The predicted octanol–water partition coefficient (Wildman–Crippen LogP) is 2.42. The number of hydrogen-bond acceptors (Lipinski definition) is 2. The Morgan fingerprint density at radius 1 is 1.28 bits per heavy atom. The first kappa shape index (κ1) is 12.8. The third-order valence-electron chi connectivity index (χ3n) is 3.02. The van der Waals surface area contributed by atoms with Crippen molar-refractivity contribution in [2.45, 2.75) is 26.3 Å². The van der Waals surface area contributed by atoms with Crippen LogP contribution in [0.2, 0.25) is 0 Å². The van der Waals surface area contributed by atoms with E-state index < -0.39 is 0 Å². The fourth-order valence-corrected chi connectivity index (χ4v) is 2.18. The molecule has 0 aliphatic carbocycles. The predicted molar refractivity (Wildman–Crippen MR) is 69.7 cm³/mol. The largest absolute Gasteiger partial charge is 0.324 e. The fourth-order valence-electron chi connectivity index (χ4n) is 2.18. The van der Waals surface area contributed by atoms with E-state index in [9.17, 15) is 4.39 Å². The highest BCUT2D eigenvalue weighted by Crippen LogP contribution is 2.19. The molecule has 96 valence electrons. The van der Waals surface area contributed by atoms with E-state index in [4.69, 9.17) is 5.73 Å². The summed E-state index contributed by atoms with van der Waals surface area (Å²) in [6.07, 6.45) is 0.653. The quantitative estimate of drug-likeness (QED) is 0.905. The van der Waals surface area contributed by atoms with Gasteiger partial charge in [-0.2, -0.15) is 5.10 Å². The molecule has 1 unspecified atom stereocenters. The topological polar surface area (TPSA) is 43.8 Å². The van der Waals surface area contributed by atoms with Crippen LogP contribution in [0.25, 0.3) is 0 Å².